The smallest absolute Gasteiger partial charge is 0.264 e. The number of anilines is 1. The highest BCUT2D eigenvalue weighted by molar-refractivity contribution is 7.92. The molecule has 1 aliphatic carbocycles. The lowest BCUT2D eigenvalue weighted by molar-refractivity contribution is -0.140. The average molecular weight is 688 g/mol. The molecule has 9 nitrogen and oxygen atoms in total. The van der Waals surface area contributed by atoms with E-state index in [9.17, 15) is 22.4 Å². The Morgan fingerprint density at radius 1 is 0.816 bits per heavy atom. The number of sulfonamides is 1. The van der Waals surface area contributed by atoms with Gasteiger partial charge in [-0.15, -0.1) is 0 Å². The number of nitrogens with one attached hydrogen (secondary N) is 1. The maximum absolute atomic E-state index is 14.6. The number of methoxy groups -OCH3 is 2. The topological polar surface area (TPSA) is 105 Å². The predicted octanol–water partition coefficient (Wildman–Crippen LogP) is 6.13. The number of hydrogen-bond donors (Lipinski definition) is 1. The van der Waals surface area contributed by atoms with Crippen LogP contribution in [0.4, 0.5) is 10.1 Å². The molecule has 1 N–H and O–H groups in total. The van der Waals surface area contributed by atoms with E-state index in [0.717, 1.165) is 59.7 Å². The van der Waals surface area contributed by atoms with Gasteiger partial charge in [-0.05, 0) is 60.4 Å². The van der Waals surface area contributed by atoms with Crippen molar-refractivity contribution in [3.63, 3.8) is 0 Å². The van der Waals surface area contributed by atoms with Crippen LogP contribution in [0.5, 0.6) is 11.5 Å². The van der Waals surface area contributed by atoms with Crippen LogP contribution >= 0.6 is 0 Å². The predicted molar refractivity (Wildman–Crippen MR) is 186 cm³/mol. The number of benzene rings is 4. The SMILES string of the molecule is COc1ccc(S(=O)(=O)N(CC(=O)N(Cc2ccccc2)C(Cc2ccccc2)C(=O)NC2CCCCC2)c2ccc(F)cc2)cc1OC. The molecule has 4 aromatic rings. The number of halogens is 1. The van der Waals surface area contributed by atoms with Crippen LogP contribution in [-0.4, -0.2) is 58.0 Å². The van der Waals surface area contributed by atoms with Gasteiger partial charge in [0.05, 0.1) is 24.8 Å². The molecule has 0 aliphatic heterocycles. The third-order valence-electron chi connectivity index (χ3n) is 8.75. The second-order valence-electron chi connectivity index (χ2n) is 12.1. The van der Waals surface area contributed by atoms with Gasteiger partial charge in [0.25, 0.3) is 10.0 Å². The molecule has 2 amide bonds. The van der Waals surface area contributed by atoms with Crippen molar-refractivity contribution in [2.75, 3.05) is 25.1 Å². The van der Waals surface area contributed by atoms with Crippen molar-refractivity contribution in [1.82, 2.24) is 10.2 Å². The minimum absolute atomic E-state index is 0.00524. The zero-order valence-electron chi connectivity index (χ0n) is 27.8. The van der Waals surface area contributed by atoms with Crippen molar-refractivity contribution in [1.29, 1.82) is 0 Å². The molecule has 0 aromatic heterocycles. The molecule has 0 heterocycles. The number of hydrogen-bond acceptors (Lipinski definition) is 6. The Kier molecular flexibility index (Phi) is 11.9. The maximum Gasteiger partial charge on any atom is 0.264 e. The van der Waals surface area contributed by atoms with Crippen molar-refractivity contribution in [2.24, 2.45) is 0 Å². The van der Waals surface area contributed by atoms with Gasteiger partial charge in [-0.1, -0.05) is 79.9 Å². The molecule has 1 atom stereocenters. The number of ether oxygens (including phenoxy) is 2. The van der Waals surface area contributed by atoms with Gasteiger partial charge < -0.3 is 19.7 Å². The molecular weight excluding hydrogens is 645 g/mol. The normalized spacial score (nSPS) is 14.0. The minimum Gasteiger partial charge on any atom is -0.493 e. The third kappa shape index (κ3) is 8.97. The Morgan fingerprint density at radius 2 is 1.43 bits per heavy atom. The summed E-state index contributed by atoms with van der Waals surface area (Å²) in [5.41, 5.74) is 1.71. The summed E-state index contributed by atoms with van der Waals surface area (Å²) in [4.78, 5) is 30.1. The van der Waals surface area contributed by atoms with Gasteiger partial charge >= 0.3 is 0 Å². The number of nitrogens with zero attached hydrogens (tertiary/aromatic N) is 2. The summed E-state index contributed by atoms with van der Waals surface area (Å²) in [6.45, 7) is -0.597. The zero-order valence-corrected chi connectivity index (χ0v) is 28.6. The Labute approximate surface area is 287 Å². The minimum atomic E-state index is -4.43. The molecule has 1 unspecified atom stereocenters. The lowest BCUT2D eigenvalue weighted by Gasteiger charge is -2.35. The average Bonchev–Trinajstić information content (AvgIpc) is 3.13. The molecule has 4 aromatic carbocycles. The molecule has 0 radical (unpaired) electrons. The van der Waals surface area contributed by atoms with Crippen LogP contribution in [0, 0.1) is 5.82 Å². The van der Waals surface area contributed by atoms with E-state index in [2.05, 4.69) is 5.32 Å². The fourth-order valence-electron chi connectivity index (χ4n) is 6.12. The number of rotatable bonds is 14. The zero-order chi connectivity index (χ0) is 34.8. The summed E-state index contributed by atoms with van der Waals surface area (Å²) in [6, 6.07) is 26.8. The van der Waals surface area contributed by atoms with Crippen molar-refractivity contribution in [2.45, 2.75) is 62.0 Å². The Hall–Kier alpha value is -4.90. The van der Waals surface area contributed by atoms with Gasteiger partial charge in [-0.25, -0.2) is 12.8 Å². The molecule has 0 saturated heterocycles. The number of carbonyl (C=O) groups excluding carboxylic acids is 2. The van der Waals surface area contributed by atoms with Crippen molar-refractivity contribution < 1.29 is 31.9 Å². The first-order valence-electron chi connectivity index (χ1n) is 16.4. The van der Waals surface area contributed by atoms with Crippen molar-refractivity contribution in [3.8, 4) is 11.5 Å². The van der Waals surface area contributed by atoms with Crippen LogP contribution in [0.2, 0.25) is 0 Å². The Morgan fingerprint density at radius 3 is 2.04 bits per heavy atom. The van der Waals surface area contributed by atoms with E-state index in [-0.39, 0.29) is 41.2 Å². The van der Waals surface area contributed by atoms with Crippen LogP contribution in [0.25, 0.3) is 0 Å². The highest BCUT2D eigenvalue weighted by atomic mass is 32.2. The van der Waals surface area contributed by atoms with E-state index in [1.807, 2.05) is 60.7 Å². The lowest BCUT2D eigenvalue weighted by atomic mass is 9.94. The fourth-order valence-corrected chi connectivity index (χ4v) is 7.55. The third-order valence-corrected chi connectivity index (χ3v) is 10.5. The van der Waals surface area contributed by atoms with Crippen LogP contribution in [0.1, 0.15) is 43.2 Å². The van der Waals surface area contributed by atoms with E-state index in [0.29, 0.717) is 5.75 Å². The number of amides is 2. The fraction of sp³-hybridized carbons (Fsp3) is 0.316. The molecule has 11 heteroatoms. The molecule has 49 heavy (non-hydrogen) atoms. The van der Waals surface area contributed by atoms with Gasteiger partial charge in [0.15, 0.2) is 11.5 Å². The second kappa shape index (κ2) is 16.5. The van der Waals surface area contributed by atoms with Crippen LogP contribution in [0.3, 0.4) is 0 Å². The van der Waals surface area contributed by atoms with E-state index in [1.165, 1.54) is 49.5 Å². The molecule has 5 rings (SSSR count). The first-order valence-corrected chi connectivity index (χ1v) is 17.8. The van der Waals surface area contributed by atoms with Gasteiger partial charge in [0, 0.05) is 25.1 Å². The summed E-state index contributed by atoms with van der Waals surface area (Å²) in [7, 11) is -1.60. The van der Waals surface area contributed by atoms with E-state index >= 15 is 0 Å². The highest BCUT2D eigenvalue weighted by Crippen LogP contribution is 2.32. The lowest BCUT2D eigenvalue weighted by Crippen LogP contribution is -2.55. The summed E-state index contributed by atoms with van der Waals surface area (Å²) in [5, 5.41) is 3.20. The second-order valence-corrected chi connectivity index (χ2v) is 13.9. The molecule has 1 saturated carbocycles. The highest BCUT2D eigenvalue weighted by Gasteiger charge is 2.35. The maximum atomic E-state index is 14.6. The van der Waals surface area contributed by atoms with Crippen molar-refractivity contribution >= 4 is 27.5 Å². The molecule has 0 bridgehead atoms. The van der Waals surface area contributed by atoms with Crippen molar-refractivity contribution in [3.05, 3.63) is 120 Å². The first-order chi connectivity index (χ1) is 23.7. The monoisotopic (exact) mass is 687 g/mol. The first kappa shape index (κ1) is 35.4. The van der Waals surface area contributed by atoms with Gasteiger partial charge in [-0.2, -0.15) is 0 Å². The Balaban J connectivity index is 1.56. The summed E-state index contributed by atoms with van der Waals surface area (Å²) in [5.74, 6) is -0.950. The molecule has 1 aliphatic rings. The number of carbonyl (C=O) groups is 2. The molecule has 1 fully saturated rings. The molecular formula is C38H42FN3O6S. The molecule has 258 valence electrons. The standard InChI is InChI=1S/C38H42FN3O6S/c1-47-35-23-22-33(25-36(35)48-2)49(45,46)42(32-20-18-30(39)19-21-32)27-37(43)41(26-29-14-8-4-9-15-29)34(24-28-12-6-3-7-13-28)38(44)40-31-16-10-5-11-17-31/h3-4,6-9,12-15,18-23,25,31,34H,5,10-11,16-17,24,26-27H2,1-2H3,(H,40,44). The summed E-state index contributed by atoms with van der Waals surface area (Å²) in [6.07, 6.45) is 5.09. The summed E-state index contributed by atoms with van der Waals surface area (Å²) < 4.78 is 54.3. The van der Waals surface area contributed by atoms with Crippen LogP contribution in [-0.2, 0) is 32.6 Å². The van der Waals surface area contributed by atoms with E-state index < -0.39 is 34.3 Å². The van der Waals surface area contributed by atoms with Gasteiger partial charge in [0.1, 0.15) is 18.4 Å². The largest absolute Gasteiger partial charge is 0.493 e. The van der Waals surface area contributed by atoms with Crippen LogP contribution in [0.15, 0.2) is 108 Å². The van der Waals surface area contributed by atoms with E-state index in [4.69, 9.17) is 9.47 Å². The van der Waals surface area contributed by atoms with E-state index in [1.54, 1.807) is 0 Å². The Bertz CT molecular complexity index is 1800. The van der Waals surface area contributed by atoms with Crippen LogP contribution < -0.4 is 19.1 Å². The quantitative estimate of drug-likeness (QED) is 0.171. The van der Waals surface area contributed by atoms with Gasteiger partial charge in [-0.3, -0.25) is 13.9 Å². The summed E-state index contributed by atoms with van der Waals surface area (Å²) >= 11 is 0. The van der Waals surface area contributed by atoms with Gasteiger partial charge in [0.2, 0.25) is 11.8 Å². The molecule has 0 spiro atoms.